The van der Waals surface area contributed by atoms with Crippen LogP contribution in [0.25, 0.3) is 0 Å². The van der Waals surface area contributed by atoms with Gasteiger partial charge in [-0.1, -0.05) is 18.2 Å². The van der Waals surface area contributed by atoms with E-state index < -0.39 is 0 Å². The first-order valence-electron chi connectivity index (χ1n) is 9.26. The number of amides is 3. The molecule has 3 rings (SSSR count). The van der Waals surface area contributed by atoms with Gasteiger partial charge in [0.2, 0.25) is 5.91 Å². The molecule has 0 atom stereocenters. The summed E-state index contributed by atoms with van der Waals surface area (Å²) in [7, 11) is 0. The highest BCUT2D eigenvalue weighted by Crippen LogP contribution is 2.19. The lowest BCUT2D eigenvalue weighted by Gasteiger charge is -2.34. The highest BCUT2D eigenvalue weighted by Gasteiger charge is 2.24. The summed E-state index contributed by atoms with van der Waals surface area (Å²) in [6.07, 6.45) is 0. The molecule has 0 spiro atoms. The van der Waals surface area contributed by atoms with Crippen LogP contribution in [0.2, 0.25) is 0 Å². The Hall–Kier alpha value is -3.22. The van der Waals surface area contributed by atoms with Crippen molar-refractivity contribution in [3.05, 3.63) is 58.9 Å². The molecule has 1 fully saturated rings. The maximum Gasteiger partial charge on any atom is 0.274 e. The zero-order chi connectivity index (χ0) is 20.3. The van der Waals surface area contributed by atoms with Crippen molar-refractivity contribution in [3.63, 3.8) is 0 Å². The molecule has 7 heteroatoms. The molecule has 28 heavy (non-hydrogen) atoms. The molecule has 1 aliphatic heterocycles. The predicted octanol–water partition coefficient (Wildman–Crippen LogP) is 2.26. The van der Waals surface area contributed by atoms with Crippen molar-refractivity contribution in [1.82, 2.24) is 14.8 Å². The summed E-state index contributed by atoms with van der Waals surface area (Å²) in [6, 6.07) is 10.5. The van der Waals surface area contributed by atoms with Crippen molar-refractivity contribution in [2.75, 3.05) is 31.5 Å². The van der Waals surface area contributed by atoms with Crippen LogP contribution < -0.4 is 5.32 Å². The Bertz CT molecular complexity index is 918. The van der Waals surface area contributed by atoms with Gasteiger partial charge in [0.1, 0.15) is 11.4 Å². The van der Waals surface area contributed by atoms with Crippen LogP contribution >= 0.6 is 0 Å². The van der Waals surface area contributed by atoms with E-state index in [4.69, 9.17) is 0 Å². The van der Waals surface area contributed by atoms with Crippen LogP contribution in [0.4, 0.5) is 5.69 Å². The van der Waals surface area contributed by atoms with Gasteiger partial charge in [-0.15, -0.1) is 0 Å². The summed E-state index contributed by atoms with van der Waals surface area (Å²) in [5.74, 6) is -0.579. The Morgan fingerprint density at radius 3 is 2.18 bits per heavy atom. The minimum atomic E-state index is -0.357. The number of piperazine rings is 1. The highest BCUT2D eigenvalue weighted by atomic mass is 16.2. The number of carbonyl (C=O) groups excluding carboxylic acids is 3. The minimum Gasteiger partial charge on any atom is -0.339 e. The fraction of sp³-hybridized carbons (Fsp3) is 0.333. The minimum absolute atomic E-state index is 0.00957. The molecular weight excluding hydrogens is 356 g/mol. The van der Waals surface area contributed by atoms with Gasteiger partial charge in [0, 0.05) is 38.8 Å². The molecule has 0 saturated carbocycles. The van der Waals surface area contributed by atoms with Crippen LogP contribution in [0.15, 0.2) is 36.4 Å². The van der Waals surface area contributed by atoms with Gasteiger partial charge in [0.05, 0.1) is 0 Å². The predicted molar refractivity (Wildman–Crippen MR) is 106 cm³/mol. The second kappa shape index (κ2) is 8.21. The number of hydrogen-bond acceptors (Lipinski definition) is 4. The highest BCUT2D eigenvalue weighted by molar-refractivity contribution is 6.04. The van der Waals surface area contributed by atoms with E-state index in [0.29, 0.717) is 26.2 Å². The number of aromatic nitrogens is 1. The molecule has 146 valence electrons. The van der Waals surface area contributed by atoms with Crippen molar-refractivity contribution >= 4 is 23.4 Å². The smallest absolute Gasteiger partial charge is 0.274 e. The summed E-state index contributed by atoms with van der Waals surface area (Å²) in [5, 5.41) is 2.86. The summed E-state index contributed by atoms with van der Waals surface area (Å²) in [5.41, 5.74) is 3.22. The van der Waals surface area contributed by atoms with Crippen molar-refractivity contribution in [1.29, 1.82) is 0 Å². The van der Waals surface area contributed by atoms with Gasteiger partial charge >= 0.3 is 0 Å². The third kappa shape index (κ3) is 4.19. The van der Waals surface area contributed by atoms with Gasteiger partial charge in [-0.25, -0.2) is 4.98 Å². The van der Waals surface area contributed by atoms with Crippen LogP contribution in [0.5, 0.6) is 0 Å². The first-order chi connectivity index (χ1) is 13.4. The first kappa shape index (κ1) is 19.5. The van der Waals surface area contributed by atoms with Crippen LogP contribution in [-0.4, -0.2) is 58.7 Å². The maximum atomic E-state index is 12.7. The maximum absolute atomic E-state index is 12.7. The number of aryl methyl sites for hydroxylation is 1. The van der Waals surface area contributed by atoms with Gasteiger partial charge in [-0.2, -0.15) is 0 Å². The lowest BCUT2D eigenvalue weighted by Crippen LogP contribution is -2.50. The zero-order valence-electron chi connectivity index (χ0n) is 16.4. The van der Waals surface area contributed by atoms with E-state index in [1.807, 2.05) is 32.0 Å². The SMILES string of the molecule is CC(=O)N1CCN(C(=O)c2cccc(C(=O)Nc3cccc(C)c3C)n2)CC1. The molecule has 0 radical (unpaired) electrons. The van der Waals surface area contributed by atoms with Crippen LogP contribution in [0, 0.1) is 13.8 Å². The van der Waals surface area contributed by atoms with E-state index in [2.05, 4.69) is 10.3 Å². The van der Waals surface area contributed by atoms with Crippen molar-refractivity contribution in [2.24, 2.45) is 0 Å². The summed E-state index contributed by atoms with van der Waals surface area (Å²) in [6.45, 7) is 7.38. The molecular formula is C21H24N4O3. The lowest BCUT2D eigenvalue weighted by atomic mass is 10.1. The molecule has 7 nitrogen and oxygen atoms in total. The normalized spacial score (nSPS) is 14.0. The Balaban J connectivity index is 1.71. The van der Waals surface area contributed by atoms with Crippen molar-refractivity contribution in [2.45, 2.75) is 20.8 Å². The molecule has 1 aliphatic rings. The summed E-state index contributed by atoms with van der Waals surface area (Å²) < 4.78 is 0. The number of nitrogens with one attached hydrogen (secondary N) is 1. The van der Waals surface area contributed by atoms with Crippen LogP contribution in [0.3, 0.4) is 0 Å². The van der Waals surface area contributed by atoms with E-state index in [9.17, 15) is 14.4 Å². The summed E-state index contributed by atoms with van der Waals surface area (Å²) >= 11 is 0. The molecule has 2 aromatic rings. The van der Waals surface area contributed by atoms with Crippen LogP contribution in [-0.2, 0) is 4.79 Å². The van der Waals surface area contributed by atoms with Gasteiger partial charge in [-0.3, -0.25) is 14.4 Å². The van der Waals surface area contributed by atoms with Crippen LogP contribution in [0.1, 0.15) is 39.0 Å². The van der Waals surface area contributed by atoms with Gasteiger partial charge < -0.3 is 15.1 Å². The molecule has 0 aliphatic carbocycles. The number of pyridine rings is 1. The summed E-state index contributed by atoms with van der Waals surface area (Å²) in [4.78, 5) is 44.4. The Morgan fingerprint density at radius 2 is 1.50 bits per heavy atom. The monoisotopic (exact) mass is 380 g/mol. The molecule has 0 bridgehead atoms. The molecule has 2 heterocycles. The fourth-order valence-electron chi connectivity index (χ4n) is 3.14. The van der Waals surface area contributed by atoms with E-state index in [0.717, 1.165) is 16.8 Å². The standard InChI is InChI=1S/C21H24N4O3/c1-14-6-4-7-17(15(14)2)23-20(27)18-8-5-9-19(22-18)21(28)25-12-10-24(11-13-25)16(3)26/h4-9H,10-13H2,1-3H3,(H,23,27). The molecule has 1 aromatic heterocycles. The molecule has 1 aromatic carbocycles. The number of carbonyl (C=O) groups is 3. The second-order valence-corrected chi connectivity index (χ2v) is 6.91. The van der Waals surface area contributed by atoms with E-state index in [1.54, 1.807) is 28.0 Å². The van der Waals surface area contributed by atoms with Crippen molar-refractivity contribution < 1.29 is 14.4 Å². The number of benzene rings is 1. The topological polar surface area (TPSA) is 82.6 Å². The Labute approximate surface area is 164 Å². The van der Waals surface area contributed by atoms with E-state index >= 15 is 0 Å². The third-order valence-electron chi connectivity index (χ3n) is 5.07. The Morgan fingerprint density at radius 1 is 0.893 bits per heavy atom. The van der Waals surface area contributed by atoms with E-state index in [-0.39, 0.29) is 29.1 Å². The Kier molecular flexibility index (Phi) is 5.73. The average molecular weight is 380 g/mol. The van der Waals surface area contributed by atoms with Gasteiger partial charge in [0.15, 0.2) is 0 Å². The van der Waals surface area contributed by atoms with E-state index in [1.165, 1.54) is 6.92 Å². The second-order valence-electron chi connectivity index (χ2n) is 6.91. The lowest BCUT2D eigenvalue weighted by molar-refractivity contribution is -0.130. The fourth-order valence-corrected chi connectivity index (χ4v) is 3.14. The number of hydrogen-bond donors (Lipinski definition) is 1. The molecule has 3 amide bonds. The molecule has 1 saturated heterocycles. The quantitative estimate of drug-likeness (QED) is 0.885. The molecule has 0 unspecified atom stereocenters. The number of nitrogens with zero attached hydrogens (tertiary/aromatic N) is 3. The van der Waals surface area contributed by atoms with Gasteiger partial charge in [-0.05, 0) is 43.2 Å². The average Bonchev–Trinajstić information content (AvgIpc) is 2.71. The largest absolute Gasteiger partial charge is 0.339 e. The number of anilines is 1. The number of rotatable bonds is 3. The van der Waals surface area contributed by atoms with Crippen molar-refractivity contribution in [3.8, 4) is 0 Å². The molecule has 1 N–H and O–H groups in total. The third-order valence-corrected chi connectivity index (χ3v) is 5.07. The zero-order valence-corrected chi connectivity index (χ0v) is 16.4. The van der Waals surface area contributed by atoms with Gasteiger partial charge in [0.25, 0.3) is 11.8 Å². The first-order valence-corrected chi connectivity index (χ1v) is 9.26.